The van der Waals surface area contributed by atoms with E-state index in [-0.39, 0.29) is 23.3 Å². The number of carbonyl (C=O) groups excluding carboxylic acids is 1. The second-order valence-electron chi connectivity index (χ2n) is 7.82. The van der Waals surface area contributed by atoms with Crippen LogP contribution in [-0.2, 0) is 21.4 Å². The number of piperidine rings is 1. The Labute approximate surface area is 190 Å². The maximum atomic E-state index is 13.1. The molecule has 172 valence electrons. The highest BCUT2D eigenvalue weighted by atomic mass is 32.2. The van der Waals surface area contributed by atoms with E-state index in [2.05, 4.69) is 6.58 Å². The maximum Gasteiger partial charge on any atom is 0.243 e. The monoisotopic (exact) mass is 458 g/mol. The van der Waals surface area contributed by atoms with Crippen LogP contribution in [0, 0.1) is 5.92 Å². The number of carbonyl (C=O) groups is 1. The van der Waals surface area contributed by atoms with Crippen molar-refractivity contribution in [3.8, 4) is 11.5 Å². The topological polar surface area (TPSA) is 76.2 Å². The average Bonchev–Trinajstić information content (AvgIpc) is 2.83. The molecule has 1 aliphatic rings. The molecule has 0 radical (unpaired) electrons. The summed E-state index contributed by atoms with van der Waals surface area (Å²) in [5.41, 5.74) is 0.977. The molecular formula is C24H30N2O5S. The lowest BCUT2D eigenvalue weighted by Gasteiger charge is -2.33. The summed E-state index contributed by atoms with van der Waals surface area (Å²) in [4.78, 5) is 14.9. The SMILES string of the molecule is C=CCOc1ccc(CN(C)C(=O)C2CCCN(S(=O)(=O)c3ccc(OC)cc3)C2)cc1. The molecule has 7 nitrogen and oxygen atoms in total. The lowest BCUT2D eigenvalue weighted by Crippen LogP contribution is -2.45. The third-order valence-corrected chi connectivity index (χ3v) is 7.40. The molecule has 1 saturated heterocycles. The second kappa shape index (κ2) is 10.7. The van der Waals surface area contributed by atoms with Gasteiger partial charge in [0.2, 0.25) is 15.9 Å². The second-order valence-corrected chi connectivity index (χ2v) is 9.75. The maximum absolute atomic E-state index is 13.1. The van der Waals surface area contributed by atoms with Gasteiger partial charge in [-0.2, -0.15) is 4.31 Å². The third-order valence-electron chi connectivity index (χ3n) is 5.52. The highest BCUT2D eigenvalue weighted by molar-refractivity contribution is 7.89. The van der Waals surface area contributed by atoms with Crippen molar-refractivity contribution in [1.82, 2.24) is 9.21 Å². The van der Waals surface area contributed by atoms with Gasteiger partial charge in [0.15, 0.2) is 0 Å². The van der Waals surface area contributed by atoms with Gasteiger partial charge >= 0.3 is 0 Å². The Morgan fingerprint density at radius 2 is 1.81 bits per heavy atom. The summed E-state index contributed by atoms with van der Waals surface area (Å²) >= 11 is 0. The summed E-state index contributed by atoms with van der Waals surface area (Å²) in [6.45, 7) is 5.11. The quantitative estimate of drug-likeness (QED) is 0.539. The minimum Gasteiger partial charge on any atom is -0.497 e. The minimum atomic E-state index is -3.66. The molecule has 1 amide bonds. The van der Waals surface area contributed by atoms with Gasteiger partial charge in [0.05, 0.1) is 17.9 Å². The van der Waals surface area contributed by atoms with Crippen LogP contribution in [0.5, 0.6) is 11.5 Å². The summed E-state index contributed by atoms with van der Waals surface area (Å²) in [6, 6.07) is 13.9. The zero-order valence-corrected chi connectivity index (χ0v) is 19.4. The van der Waals surface area contributed by atoms with E-state index in [0.717, 1.165) is 11.3 Å². The number of hydrogen-bond donors (Lipinski definition) is 0. The van der Waals surface area contributed by atoms with Gasteiger partial charge in [-0.25, -0.2) is 8.42 Å². The third kappa shape index (κ3) is 5.69. The van der Waals surface area contributed by atoms with Crippen LogP contribution >= 0.6 is 0 Å². The first-order chi connectivity index (χ1) is 15.3. The van der Waals surface area contributed by atoms with Crippen molar-refractivity contribution in [1.29, 1.82) is 0 Å². The number of amides is 1. The highest BCUT2D eigenvalue weighted by Crippen LogP contribution is 2.26. The molecule has 2 aromatic carbocycles. The van der Waals surface area contributed by atoms with Gasteiger partial charge in [-0.15, -0.1) is 0 Å². The van der Waals surface area contributed by atoms with Crippen molar-refractivity contribution >= 4 is 15.9 Å². The molecule has 0 spiro atoms. The molecule has 0 N–H and O–H groups in total. The molecule has 3 rings (SSSR count). The Bertz CT molecular complexity index is 1020. The summed E-state index contributed by atoms with van der Waals surface area (Å²) < 4.78 is 38.1. The fourth-order valence-electron chi connectivity index (χ4n) is 3.77. The van der Waals surface area contributed by atoms with Gasteiger partial charge in [0.1, 0.15) is 18.1 Å². The van der Waals surface area contributed by atoms with E-state index in [4.69, 9.17) is 9.47 Å². The Balaban J connectivity index is 1.63. The van der Waals surface area contributed by atoms with Crippen LogP contribution in [0.3, 0.4) is 0 Å². The number of methoxy groups -OCH3 is 1. The zero-order chi connectivity index (χ0) is 23.1. The Morgan fingerprint density at radius 1 is 1.16 bits per heavy atom. The van der Waals surface area contributed by atoms with Crippen molar-refractivity contribution in [3.63, 3.8) is 0 Å². The molecule has 1 atom stereocenters. The lowest BCUT2D eigenvalue weighted by atomic mass is 9.98. The first-order valence-electron chi connectivity index (χ1n) is 10.6. The highest BCUT2D eigenvalue weighted by Gasteiger charge is 2.34. The summed E-state index contributed by atoms with van der Waals surface area (Å²) in [7, 11) is -0.379. The van der Waals surface area contributed by atoms with E-state index in [1.54, 1.807) is 30.2 Å². The van der Waals surface area contributed by atoms with E-state index in [1.807, 2.05) is 24.3 Å². The molecule has 0 aromatic heterocycles. The van der Waals surface area contributed by atoms with Crippen LogP contribution in [0.2, 0.25) is 0 Å². The van der Waals surface area contributed by atoms with Gasteiger partial charge in [-0.1, -0.05) is 24.8 Å². The van der Waals surface area contributed by atoms with E-state index >= 15 is 0 Å². The zero-order valence-electron chi connectivity index (χ0n) is 18.6. The molecule has 0 bridgehead atoms. The molecule has 1 fully saturated rings. The van der Waals surface area contributed by atoms with Crippen molar-refractivity contribution in [2.24, 2.45) is 5.92 Å². The van der Waals surface area contributed by atoms with E-state index in [9.17, 15) is 13.2 Å². The molecule has 1 unspecified atom stereocenters. The predicted molar refractivity (Wildman–Crippen MR) is 123 cm³/mol. The summed E-state index contributed by atoms with van der Waals surface area (Å²) in [5, 5.41) is 0. The molecule has 2 aromatic rings. The number of ether oxygens (including phenoxy) is 2. The predicted octanol–water partition coefficient (Wildman–Crippen LogP) is 3.32. The van der Waals surface area contributed by atoms with Crippen LogP contribution in [0.4, 0.5) is 0 Å². The van der Waals surface area contributed by atoms with Gasteiger partial charge in [0, 0.05) is 26.7 Å². The fraction of sp³-hybridized carbons (Fsp3) is 0.375. The lowest BCUT2D eigenvalue weighted by molar-refractivity contribution is -0.135. The van der Waals surface area contributed by atoms with E-state index in [0.29, 0.717) is 38.3 Å². The largest absolute Gasteiger partial charge is 0.497 e. The standard InChI is InChI=1S/C24H30N2O5S/c1-4-16-31-22-9-7-19(8-10-22)17-25(2)24(27)20-6-5-15-26(18-20)32(28,29)23-13-11-21(30-3)12-14-23/h4,7-14,20H,1,5-6,15-18H2,2-3H3. The number of hydrogen-bond acceptors (Lipinski definition) is 5. The van der Waals surface area contributed by atoms with Crippen LogP contribution in [0.25, 0.3) is 0 Å². The number of nitrogens with zero attached hydrogens (tertiary/aromatic N) is 2. The van der Waals surface area contributed by atoms with Crippen molar-refractivity contribution < 1.29 is 22.7 Å². The normalized spacial score (nSPS) is 16.9. The van der Waals surface area contributed by atoms with Crippen molar-refractivity contribution in [2.45, 2.75) is 24.3 Å². The van der Waals surface area contributed by atoms with Crippen molar-refractivity contribution in [3.05, 3.63) is 66.7 Å². The number of rotatable bonds is 9. The Kier molecular flexibility index (Phi) is 7.93. The summed E-state index contributed by atoms with van der Waals surface area (Å²) in [6.07, 6.45) is 3.00. The number of sulfonamides is 1. The van der Waals surface area contributed by atoms with E-state index in [1.165, 1.54) is 23.5 Å². The van der Waals surface area contributed by atoms with Gasteiger partial charge in [-0.05, 0) is 54.8 Å². The van der Waals surface area contributed by atoms with Gasteiger partial charge in [-0.3, -0.25) is 4.79 Å². The fourth-order valence-corrected chi connectivity index (χ4v) is 5.29. The van der Waals surface area contributed by atoms with Crippen molar-refractivity contribution in [2.75, 3.05) is 33.9 Å². The molecule has 32 heavy (non-hydrogen) atoms. The molecule has 0 aliphatic carbocycles. The minimum absolute atomic E-state index is 0.0494. The molecule has 1 heterocycles. The molecule has 1 aliphatic heterocycles. The average molecular weight is 459 g/mol. The van der Waals surface area contributed by atoms with Crippen LogP contribution < -0.4 is 9.47 Å². The Hall–Kier alpha value is -2.84. The van der Waals surface area contributed by atoms with Crippen LogP contribution in [-0.4, -0.2) is 57.4 Å². The first kappa shape index (κ1) is 23.8. The van der Waals surface area contributed by atoms with Gasteiger partial charge < -0.3 is 14.4 Å². The van der Waals surface area contributed by atoms with Crippen LogP contribution in [0.15, 0.2) is 66.1 Å². The first-order valence-corrected chi connectivity index (χ1v) is 12.0. The number of benzene rings is 2. The molecule has 0 saturated carbocycles. The molecule has 8 heteroatoms. The summed E-state index contributed by atoms with van der Waals surface area (Å²) in [5.74, 6) is 0.926. The van der Waals surface area contributed by atoms with Gasteiger partial charge in [0.25, 0.3) is 0 Å². The van der Waals surface area contributed by atoms with E-state index < -0.39 is 10.0 Å². The Morgan fingerprint density at radius 3 is 2.44 bits per heavy atom. The molecular weight excluding hydrogens is 428 g/mol. The van der Waals surface area contributed by atoms with Crippen LogP contribution in [0.1, 0.15) is 18.4 Å². The smallest absolute Gasteiger partial charge is 0.243 e.